The lowest BCUT2D eigenvalue weighted by atomic mass is 9.85. The number of carbonyl (C=O) groups is 1. The summed E-state index contributed by atoms with van der Waals surface area (Å²) in [5.74, 6) is 0.653. The molecule has 1 aliphatic heterocycles. The van der Waals surface area contributed by atoms with Gasteiger partial charge in [0.25, 0.3) is 0 Å². The van der Waals surface area contributed by atoms with Crippen molar-refractivity contribution in [3.05, 3.63) is 0 Å². The predicted molar refractivity (Wildman–Crippen MR) is 53.9 cm³/mol. The Morgan fingerprint density at radius 3 is 2.71 bits per heavy atom. The van der Waals surface area contributed by atoms with E-state index in [9.17, 15) is 4.79 Å². The lowest BCUT2D eigenvalue weighted by Crippen LogP contribution is -2.45. The number of cyclic esters (lactones) is 1. The van der Waals surface area contributed by atoms with Gasteiger partial charge in [-0.05, 0) is 18.8 Å². The second kappa shape index (κ2) is 4.30. The van der Waals surface area contributed by atoms with Crippen LogP contribution in [0.3, 0.4) is 0 Å². The molecule has 0 radical (unpaired) electrons. The fourth-order valence-corrected chi connectivity index (χ4v) is 2.47. The molecule has 14 heavy (non-hydrogen) atoms. The Morgan fingerprint density at radius 1 is 1.29 bits per heavy atom. The van der Waals surface area contributed by atoms with Gasteiger partial charge in [0.1, 0.15) is 6.04 Å². The molecule has 0 aromatic heterocycles. The highest BCUT2D eigenvalue weighted by molar-refractivity contribution is 5.77. The average Bonchev–Trinajstić information content (AvgIpc) is 2.56. The van der Waals surface area contributed by atoms with Crippen LogP contribution in [0, 0.1) is 5.92 Å². The number of nitrogens with one attached hydrogen (secondary N) is 1. The van der Waals surface area contributed by atoms with Gasteiger partial charge in [0, 0.05) is 12.5 Å². The van der Waals surface area contributed by atoms with Gasteiger partial charge in [-0.1, -0.05) is 19.8 Å². The molecule has 1 aliphatic carbocycles. The van der Waals surface area contributed by atoms with E-state index in [-0.39, 0.29) is 12.0 Å². The zero-order valence-corrected chi connectivity index (χ0v) is 8.79. The highest BCUT2D eigenvalue weighted by atomic mass is 16.5. The van der Waals surface area contributed by atoms with Gasteiger partial charge >= 0.3 is 5.97 Å². The average molecular weight is 197 g/mol. The number of esters is 1. The maximum atomic E-state index is 11.3. The highest BCUT2D eigenvalue weighted by Gasteiger charge is 2.31. The van der Waals surface area contributed by atoms with Crippen LogP contribution in [0.25, 0.3) is 0 Å². The lowest BCUT2D eigenvalue weighted by molar-refractivity contribution is -0.139. The Bertz CT molecular complexity index is 217. The van der Waals surface area contributed by atoms with Crippen molar-refractivity contribution in [1.29, 1.82) is 0 Å². The standard InChI is InChI=1S/C11H19NO2/c1-8-4-2-3-5-9(8)12-10-6-7-14-11(10)13/h8-10,12H,2-7H2,1H3. The van der Waals surface area contributed by atoms with E-state index < -0.39 is 0 Å². The first-order valence-corrected chi connectivity index (χ1v) is 5.70. The molecule has 0 aromatic rings. The van der Waals surface area contributed by atoms with Crippen LogP contribution in [0.4, 0.5) is 0 Å². The van der Waals surface area contributed by atoms with Gasteiger partial charge in [-0.15, -0.1) is 0 Å². The summed E-state index contributed by atoms with van der Waals surface area (Å²) < 4.78 is 4.94. The molecule has 0 aromatic carbocycles. The third-order valence-corrected chi connectivity index (χ3v) is 3.46. The molecule has 1 saturated carbocycles. The molecule has 1 saturated heterocycles. The van der Waals surface area contributed by atoms with Crippen molar-refractivity contribution in [2.45, 2.75) is 51.1 Å². The Hall–Kier alpha value is -0.570. The second-order valence-corrected chi connectivity index (χ2v) is 4.54. The van der Waals surface area contributed by atoms with Crippen molar-refractivity contribution < 1.29 is 9.53 Å². The minimum Gasteiger partial charge on any atom is -0.464 e. The van der Waals surface area contributed by atoms with Gasteiger partial charge in [-0.3, -0.25) is 4.79 Å². The van der Waals surface area contributed by atoms with Gasteiger partial charge in [-0.2, -0.15) is 0 Å². The van der Waals surface area contributed by atoms with Crippen molar-refractivity contribution in [1.82, 2.24) is 5.32 Å². The molecule has 80 valence electrons. The predicted octanol–water partition coefficient (Wildman–Crippen LogP) is 1.47. The molecule has 3 heteroatoms. The SMILES string of the molecule is CC1CCCCC1NC1CCOC1=O. The van der Waals surface area contributed by atoms with Crippen LogP contribution in [0.5, 0.6) is 0 Å². The molecule has 0 spiro atoms. The third kappa shape index (κ3) is 2.08. The molecule has 2 rings (SSSR count). The summed E-state index contributed by atoms with van der Waals surface area (Å²) in [6.45, 7) is 2.87. The van der Waals surface area contributed by atoms with Crippen LogP contribution in [-0.4, -0.2) is 24.7 Å². The Kier molecular flexibility index (Phi) is 3.06. The fourth-order valence-electron chi connectivity index (χ4n) is 2.47. The smallest absolute Gasteiger partial charge is 0.323 e. The van der Waals surface area contributed by atoms with Crippen molar-refractivity contribution >= 4 is 5.97 Å². The number of carbonyl (C=O) groups excluding carboxylic acids is 1. The molecule has 3 atom stereocenters. The molecule has 0 amide bonds. The zero-order chi connectivity index (χ0) is 9.97. The van der Waals surface area contributed by atoms with E-state index in [1.54, 1.807) is 0 Å². The van der Waals surface area contributed by atoms with E-state index >= 15 is 0 Å². The normalized spacial score (nSPS) is 38.4. The van der Waals surface area contributed by atoms with Crippen molar-refractivity contribution in [2.75, 3.05) is 6.61 Å². The van der Waals surface area contributed by atoms with Gasteiger partial charge in [0.15, 0.2) is 0 Å². The molecule has 1 heterocycles. The van der Waals surface area contributed by atoms with Crippen LogP contribution in [-0.2, 0) is 9.53 Å². The van der Waals surface area contributed by atoms with Crippen LogP contribution < -0.4 is 5.32 Å². The maximum absolute atomic E-state index is 11.3. The van der Waals surface area contributed by atoms with Crippen molar-refractivity contribution in [3.8, 4) is 0 Å². The molecule has 0 bridgehead atoms. The van der Waals surface area contributed by atoms with Crippen molar-refractivity contribution in [3.63, 3.8) is 0 Å². The Morgan fingerprint density at radius 2 is 2.07 bits per heavy atom. The van der Waals surface area contributed by atoms with Crippen molar-refractivity contribution in [2.24, 2.45) is 5.92 Å². The summed E-state index contributed by atoms with van der Waals surface area (Å²) in [5.41, 5.74) is 0. The van der Waals surface area contributed by atoms with Gasteiger partial charge in [0.2, 0.25) is 0 Å². The number of ether oxygens (including phenoxy) is 1. The summed E-state index contributed by atoms with van der Waals surface area (Å²) in [5, 5.41) is 3.44. The first-order chi connectivity index (χ1) is 6.77. The van der Waals surface area contributed by atoms with Crippen LogP contribution in [0.15, 0.2) is 0 Å². The van der Waals surface area contributed by atoms with Crippen LogP contribution in [0.1, 0.15) is 39.0 Å². The zero-order valence-electron chi connectivity index (χ0n) is 8.79. The minimum atomic E-state index is -0.0530. The Labute approximate surface area is 85.2 Å². The molecular formula is C11H19NO2. The van der Waals surface area contributed by atoms with E-state index in [1.807, 2.05) is 0 Å². The lowest BCUT2D eigenvalue weighted by Gasteiger charge is -2.31. The highest BCUT2D eigenvalue weighted by Crippen LogP contribution is 2.24. The summed E-state index contributed by atoms with van der Waals surface area (Å²) in [6.07, 6.45) is 5.99. The maximum Gasteiger partial charge on any atom is 0.323 e. The monoisotopic (exact) mass is 197 g/mol. The summed E-state index contributed by atoms with van der Waals surface area (Å²) in [4.78, 5) is 11.3. The molecule has 3 nitrogen and oxygen atoms in total. The van der Waals surface area contributed by atoms with E-state index in [0.717, 1.165) is 6.42 Å². The molecular weight excluding hydrogens is 178 g/mol. The second-order valence-electron chi connectivity index (χ2n) is 4.54. The van der Waals surface area contributed by atoms with Gasteiger partial charge < -0.3 is 10.1 Å². The molecule has 2 fully saturated rings. The summed E-state index contributed by atoms with van der Waals surface area (Å²) in [6, 6.07) is 0.500. The molecule has 3 unspecified atom stereocenters. The summed E-state index contributed by atoms with van der Waals surface area (Å²) >= 11 is 0. The third-order valence-electron chi connectivity index (χ3n) is 3.46. The largest absolute Gasteiger partial charge is 0.464 e. The topological polar surface area (TPSA) is 38.3 Å². The van der Waals surface area contributed by atoms with E-state index in [0.29, 0.717) is 18.6 Å². The van der Waals surface area contributed by atoms with E-state index in [1.165, 1.54) is 25.7 Å². The van der Waals surface area contributed by atoms with Crippen LogP contribution >= 0.6 is 0 Å². The minimum absolute atomic E-state index is 0.0273. The van der Waals surface area contributed by atoms with Gasteiger partial charge in [-0.25, -0.2) is 0 Å². The quantitative estimate of drug-likeness (QED) is 0.681. The summed E-state index contributed by atoms with van der Waals surface area (Å²) in [7, 11) is 0. The van der Waals surface area contributed by atoms with Gasteiger partial charge in [0.05, 0.1) is 6.61 Å². The first kappa shape index (κ1) is 9.97. The number of hydrogen-bond acceptors (Lipinski definition) is 3. The number of rotatable bonds is 2. The number of hydrogen-bond donors (Lipinski definition) is 1. The van der Waals surface area contributed by atoms with E-state index in [2.05, 4.69) is 12.2 Å². The fraction of sp³-hybridized carbons (Fsp3) is 0.909. The van der Waals surface area contributed by atoms with Crippen LogP contribution in [0.2, 0.25) is 0 Å². The van der Waals surface area contributed by atoms with E-state index in [4.69, 9.17) is 4.74 Å². The molecule has 2 aliphatic rings. The Balaban J connectivity index is 1.86. The molecule has 1 N–H and O–H groups in total. The first-order valence-electron chi connectivity index (χ1n) is 5.70.